The minimum Gasteiger partial charge on any atom is -0.497 e. The molecule has 1 aliphatic rings. The molecule has 2 aromatic rings. The number of hydrogen-bond donors (Lipinski definition) is 2. The first-order chi connectivity index (χ1) is 13.4. The van der Waals surface area contributed by atoms with E-state index in [4.69, 9.17) is 15.2 Å². The second kappa shape index (κ2) is 7.99. The molecule has 146 valence electrons. The summed E-state index contributed by atoms with van der Waals surface area (Å²) in [6, 6.07) is 11.6. The van der Waals surface area contributed by atoms with Gasteiger partial charge in [-0.05, 0) is 24.3 Å². The average molecular weight is 383 g/mol. The number of amides is 3. The first-order valence-electron chi connectivity index (χ1n) is 8.66. The fourth-order valence-corrected chi connectivity index (χ4v) is 3.17. The quantitative estimate of drug-likeness (QED) is 0.790. The Bertz CT molecular complexity index is 928. The van der Waals surface area contributed by atoms with Gasteiger partial charge in [0, 0.05) is 19.0 Å². The van der Waals surface area contributed by atoms with E-state index in [1.807, 2.05) is 0 Å². The fourth-order valence-electron chi connectivity index (χ4n) is 3.17. The number of methoxy groups -OCH3 is 2. The number of nitrogens with zero attached hydrogens (tertiary/aromatic N) is 1. The number of nitrogens with two attached hydrogens (primary N) is 1. The highest BCUT2D eigenvalue weighted by atomic mass is 16.5. The molecule has 0 radical (unpaired) electrons. The van der Waals surface area contributed by atoms with E-state index in [-0.39, 0.29) is 30.3 Å². The summed E-state index contributed by atoms with van der Waals surface area (Å²) in [6.45, 7) is 0.187. The van der Waals surface area contributed by atoms with Crippen LogP contribution in [0.1, 0.15) is 16.8 Å². The van der Waals surface area contributed by atoms with Crippen LogP contribution < -0.4 is 25.4 Å². The summed E-state index contributed by atoms with van der Waals surface area (Å²) in [7, 11) is 3.04. The number of primary amides is 1. The van der Waals surface area contributed by atoms with Crippen LogP contribution in [0.25, 0.3) is 0 Å². The molecule has 1 heterocycles. The number of hydrogen-bond acceptors (Lipinski definition) is 5. The Morgan fingerprint density at radius 1 is 1.14 bits per heavy atom. The van der Waals surface area contributed by atoms with Crippen molar-refractivity contribution in [2.75, 3.05) is 31.0 Å². The van der Waals surface area contributed by atoms with Gasteiger partial charge in [-0.3, -0.25) is 14.4 Å². The second-order valence-electron chi connectivity index (χ2n) is 6.34. The molecule has 3 amide bonds. The van der Waals surface area contributed by atoms with Crippen LogP contribution in [0.4, 0.5) is 11.4 Å². The van der Waals surface area contributed by atoms with E-state index in [9.17, 15) is 14.4 Å². The van der Waals surface area contributed by atoms with E-state index in [1.165, 1.54) is 25.2 Å². The zero-order valence-electron chi connectivity index (χ0n) is 15.6. The highest BCUT2D eigenvalue weighted by Gasteiger charge is 2.36. The third-order valence-electron chi connectivity index (χ3n) is 4.62. The van der Waals surface area contributed by atoms with Gasteiger partial charge in [-0.25, -0.2) is 0 Å². The van der Waals surface area contributed by atoms with Gasteiger partial charge in [-0.15, -0.1) is 0 Å². The molecule has 1 saturated heterocycles. The molecule has 3 N–H and O–H groups in total. The number of ether oxygens (including phenoxy) is 2. The Kier molecular flexibility index (Phi) is 5.49. The van der Waals surface area contributed by atoms with Crippen molar-refractivity contribution in [2.45, 2.75) is 6.42 Å². The summed E-state index contributed by atoms with van der Waals surface area (Å²) >= 11 is 0. The van der Waals surface area contributed by atoms with Gasteiger partial charge in [0.05, 0.1) is 37.1 Å². The summed E-state index contributed by atoms with van der Waals surface area (Å²) in [5.41, 5.74) is 6.42. The van der Waals surface area contributed by atoms with Crippen LogP contribution in [-0.2, 0) is 9.59 Å². The first kappa shape index (κ1) is 19.2. The van der Waals surface area contributed by atoms with Crippen molar-refractivity contribution in [3.8, 4) is 11.5 Å². The van der Waals surface area contributed by atoms with Gasteiger partial charge in [0.25, 0.3) is 5.91 Å². The van der Waals surface area contributed by atoms with E-state index in [0.29, 0.717) is 22.9 Å². The minimum absolute atomic E-state index is 0.0466. The van der Waals surface area contributed by atoms with Gasteiger partial charge in [0.15, 0.2) is 0 Å². The zero-order valence-corrected chi connectivity index (χ0v) is 15.6. The van der Waals surface area contributed by atoms with Crippen LogP contribution in [0.2, 0.25) is 0 Å². The molecule has 28 heavy (non-hydrogen) atoms. The molecule has 8 heteroatoms. The summed E-state index contributed by atoms with van der Waals surface area (Å²) in [4.78, 5) is 38.3. The number of anilines is 2. The molecule has 0 aromatic heterocycles. The number of rotatable bonds is 6. The van der Waals surface area contributed by atoms with Gasteiger partial charge in [0.2, 0.25) is 11.8 Å². The molecule has 0 saturated carbocycles. The summed E-state index contributed by atoms with van der Waals surface area (Å²) in [6.07, 6.45) is 0.0466. The third kappa shape index (κ3) is 3.75. The van der Waals surface area contributed by atoms with Crippen molar-refractivity contribution in [2.24, 2.45) is 11.7 Å². The maximum Gasteiger partial charge on any atom is 0.250 e. The van der Waals surface area contributed by atoms with Gasteiger partial charge < -0.3 is 25.4 Å². The van der Waals surface area contributed by atoms with E-state index < -0.39 is 11.8 Å². The Hall–Kier alpha value is -3.55. The van der Waals surface area contributed by atoms with E-state index in [0.717, 1.165) is 0 Å². The average Bonchev–Trinajstić information content (AvgIpc) is 3.09. The number of benzene rings is 2. The molecule has 0 unspecified atom stereocenters. The number of nitrogens with one attached hydrogen (secondary N) is 1. The van der Waals surface area contributed by atoms with Crippen molar-refractivity contribution < 1.29 is 23.9 Å². The van der Waals surface area contributed by atoms with E-state index in [2.05, 4.69) is 5.32 Å². The molecule has 1 atom stereocenters. The van der Waals surface area contributed by atoms with Crippen LogP contribution in [-0.4, -0.2) is 38.5 Å². The van der Waals surface area contributed by atoms with Gasteiger partial charge in [0.1, 0.15) is 11.5 Å². The smallest absolute Gasteiger partial charge is 0.250 e. The maximum atomic E-state index is 12.7. The van der Waals surface area contributed by atoms with Crippen LogP contribution in [0.3, 0.4) is 0 Å². The SMILES string of the molecule is COc1ccc(OC)c(N2C[C@@H](C(=O)Nc3ccccc3C(N)=O)CC2=O)c1. The highest BCUT2D eigenvalue weighted by Crippen LogP contribution is 2.36. The van der Waals surface area contributed by atoms with Crippen molar-refractivity contribution >= 4 is 29.1 Å². The van der Waals surface area contributed by atoms with Gasteiger partial charge in [-0.1, -0.05) is 12.1 Å². The highest BCUT2D eigenvalue weighted by molar-refractivity contribution is 6.07. The molecule has 3 rings (SSSR count). The minimum atomic E-state index is -0.638. The summed E-state index contributed by atoms with van der Waals surface area (Å²) in [5, 5.41) is 2.70. The lowest BCUT2D eigenvalue weighted by Gasteiger charge is -2.20. The molecular weight excluding hydrogens is 362 g/mol. The number of para-hydroxylation sites is 1. The van der Waals surface area contributed by atoms with Crippen LogP contribution in [0, 0.1) is 5.92 Å². The van der Waals surface area contributed by atoms with E-state index >= 15 is 0 Å². The Labute approximate surface area is 162 Å². The monoisotopic (exact) mass is 383 g/mol. The fraction of sp³-hybridized carbons (Fsp3) is 0.250. The second-order valence-corrected chi connectivity index (χ2v) is 6.34. The summed E-state index contributed by atoms with van der Waals surface area (Å²) < 4.78 is 10.6. The maximum absolute atomic E-state index is 12.7. The van der Waals surface area contributed by atoms with Crippen molar-refractivity contribution in [1.29, 1.82) is 0 Å². The Balaban J connectivity index is 1.80. The molecule has 0 bridgehead atoms. The molecular formula is C20H21N3O5. The van der Waals surface area contributed by atoms with Gasteiger partial charge >= 0.3 is 0 Å². The topological polar surface area (TPSA) is 111 Å². The first-order valence-corrected chi connectivity index (χ1v) is 8.66. The largest absolute Gasteiger partial charge is 0.497 e. The lowest BCUT2D eigenvalue weighted by Crippen LogP contribution is -2.29. The number of carbonyl (C=O) groups is 3. The standard InChI is InChI=1S/C20H21N3O5/c1-27-13-7-8-17(28-2)16(10-13)23-11-12(9-18(23)24)20(26)22-15-6-4-3-5-14(15)19(21)25/h3-8,10,12H,9,11H2,1-2H3,(H2,21,25)(H,22,26)/t12-/m0/s1. The molecule has 0 spiro atoms. The van der Waals surface area contributed by atoms with Gasteiger partial charge in [-0.2, -0.15) is 0 Å². The molecule has 1 fully saturated rings. The van der Waals surface area contributed by atoms with Crippen LogP contribution in [0.5, 0.6) is 11.5 Å². The van der Waals surface area contributed by atoms with Crippen molar-refractivity contribution in [3.63, 3.8) is 0 Å². The van der Waals surface area contributed by atoms with E-state index in [1.54, 1.807) is 36.4 Å². The van der Waals surface area contributed by atoms with Crippen LogP contribution in [0.15, 0.2) is 42.5 Å². The predicted octanol–water partition coefficient (Wildman–Crippen LogP) is 1.79. The molecule has 8 nitrogen and oxygen atoms in total. The number of carbonyl (C=O) groups excluding carboxylic acids is 3. The Morgan fingerprint density at radius 3 is 2.57 bits per heavy atom. The lowest BCUT2D eigenvalue weighted by molar-refractivity contribution is -0.122. The predicted molar refractivity (Wildman–Crippen MR) is 104 cm³/mol. The normalized spacial score (nSPS) is 16.0. The summed E-state index contributed by atoms with van der Waals surface area (Å²) in [5.74, 6) is -0.687. The zero-order chi connectivity index (χ0) is 20.3. The Morgan fingerprint density at radius 2 is 1.89 bits per heavy atom. The molecule has 0 aliphatic carbocycles. The lowest BCUT2D eigenvalue weighted by atomic mass is 10.1. The molecule has 1 aliphatic heterocycles. The van der Waals surface area contributed by atoms with Crippen LogP contribution >= 0.6 is 0 Å². The molecule has 2 aromatic carbocycles. The van der Waals surface area contributed by atoms with Crippen molar-refractivity contribution in [3.05, 3.63) is 48.0 Å². The third-order valence-corrected chi connectivity index (χ3v) is 4.62. The van der Waals surface area contributed by atoms with Crippen molar-refractivity contribution in [1.82, 2.24) is 0 Å².